The summed E-state index contributed by atoms with van der Waals surface area (Å²) >= 11 is 5.63. The molecule has 0 bridgehead atoms. The first-order chi connectivity index (χ1) is 9.36. The monoisotopic (exact) mass is 300 g/mol. The third-order valence-electron chi connectivity index (χ3n) is 2.59. The van der Waals surface area contributed by atoms with Gasteiger partial charge < -0.3 is 10.4 Å². The summed E-state index contributed by atoms with van der Waals surface area (Å²) in [5.41, 5.74) is -0.412. The first kappa shape index (κ1) is 15.9. The summed E-state index contributed by atoms with van der Waals surface area (Å²) in [6, 6.07) is 2.52. The minimum absolute atomic E-state index is 0.0107. The van der Waals surface area contributed by atoms with Crippen molar-refractivity contribution in [2.75, 3.05) is 0 Å². The molecule has 0 aliphatic heterocycles. The van der Waals surface area contributed by atoms with Gasteiger partial charge in [-0.2, -0.15) is 0 Å². The predicted molar refractivity (Wildman–Crippen MR) is 71.9 cm³/mol. The second-order valence-electron chi connectivity index (χ2n) is 4.08. The number of hydrogen-bond donors (Lipinski definition) is 2. The van der Waals surface area contributed by atoms with Crippen molar-refractivity contribution in [2.45, 2.75) is 25.8 Å². The molecule has 0 radical (unpaired) electrons. The van der Waals surface area contributed by atoms with Gasteiger partial charge in [-0.25, -0.2) is 4.79 Å². The van der Waals surface area contributed by atoms with Gasteiger partial charge in [0.25, 0.3) is 11.6 Å². The molecule has 1 aromatic rings. The normalized spacial score (nSPS) is 11.7. The smallest absolute Gasteiger partial charge is 0.326 e. The van der Waals surface area contributed by atoms with Gasteiger partial charge in [0.2, 0.25) is 0 Å². The van der Waals surface area contributed by atoms with Crippen LogP contribution in [0.5, 0.6) is 0 Å². The average Bonchev–Trinajstić information content (AvgIpc) is 2.38. The van der Waals surface area contributed by atoms with Crippen molar-refractivity contribution in [3.8, 4) is 0 Å². The third kappa shape index (κ3) is 3.92. The Hall–Kier alpha value is -2.15. The number of halogens is 1. The minimum atomic E-state index is -1.15. The van der Waals surface area contributed by atoms with Crippen molar-refractivity contribution in [1.82, 2.24) is 5.32 Å². The van der Waals surface area contributed by atoms with E-state index in [0.29, 0.717) is 6.42 Å². The Morgan fingerprint density at radius 1 is 1.50 bits per heavy atom. The second kappa shape index (κ2) is 6.85. The van der Waals surface area contributed by atoms with Crippen molar-refractivity contribution in [1.29, 1.82) is 0 Å². The average molecular weight is 301 g/mol. The second-order valence-corrected chi connectivity index (χ2v) is 4.48. The van der Waals surface area contributed by atoms with Crippen LogP contribution < -0.4 is 5.32 Å². The maximum Gasteiger partial charge on any atom is 0.326 e. The summed E-state index contributed by atoms with van der Waals surface area (Å²) in [4.78, 5) is 32.8. The lowest BCUT2D eigenvalue weighted by Crippen LogP contribution is -2.40. The van der Waals surface area contributed by atoms with E-state index in [1.54, 1.807) is 6.92 Å². The van der Waals surface area contributed by atoms with Crippen LogP contribution >= 0.6 is 11.6 Å². The molecule has 0 heterocycles. The van der Waals surface area contributed by atoms with Crippen molar-refractivity contribution >= 4 is 29.2 Å². The van der Waals surface area contributed by atoms with Crippen LogP contribution in [0.2, 0.25) is 5.02 Å². The van der Waals surface area contributed by atoms with Crippen LogP contribution in [0.4, 0.5) is 5.69 Å². The number of nitrogens with zero attached hydrogens (tertiary/aromatic N) is 1. The SMILES string of the molecule is CCC[C@H](NC(=O)c1ccc(Cl)c([N+](=O)[O-])c1)C(=O)O. The van der Waals surface area contributed by atoms with Gasteiger partial charge in [0.1, 0.15) is 11.1 Å². The number of aliphatic carboxylic acids is 1. The summed E-state index contributed by atoms with van der Waals surface area (Å²) in [6.07, 6.45) is 0.856. The first-order valence-electron chi connectivity index (χ1n) is 5.84. The number of amides is 1. The van der Waals surface area contributed by atoms with Gasteiger partial charge >= 0.3 is 5.97 Å². The number of hydrogen-bond acceptors (Lipinski definition) is 4. The highest BCUT2D eigenvalue weighted by Gasteiger charge is 2.21. The molecule has 2 N–H and O–H groups in total. The van der Waals surface area contributed by atoms with E-state index in [-0.39, 0.29) is 17.0 Å². The van der Waals surface area contributed by atoms with Crippen LogP contribution in [-0.2, 0) is 4.79 Å². The van der Waals surface area contributed by atoms with E-state index >= 15 is 0 Å². The van der Waals surface area contributed by atoms with Gasteiger partial charge in [-0.3, -0.25) is 14.9 Å². The Bertz CT molecular complexity index is 547. The van der Waals surface area contributed by atoms with E-state index in [4.69, 9.17) is 16.7 Å². The van der Waals surface area contributed by atoms with Gasteiger partial charge in [-0.15, -0.1) is 0 Å². The number of nitro groups is 1. The lowest BCUT2D eigenvalue weighted by molar-refractivity contribution is -0.384. The topological polar surface area (TPSA) is 110 Å². The molecule has 7 nitrogen and oxygen atoms in total. The van der Waals surface area contributed by atoms with E-state index < -0.39 is 28.5 Å². The standard InChI is InChI=1S/C12H13ClN2O5/c1-2-3-9(12(17)18)14-11(16)7-4-5-8(13)10(6-7)15(19)20/h4-6,9H,2-3H2,1H3,(H,14,16)(H,17,18)/t9-/m0/s1. The molecular weight excluding hydrogens is 288 g/mol. The zero-order valence-corrected chi connectivity index (χ0v) is 11.4. The summed E-state index contributed by atoms with van der Waals surface area (Å²) in [6.45, 7) is 1.79. The largest absolute Gasteiger partial charge is 0.480 e. The summed E-state index contributed by atoms with van der Waals surface area (Å²) < 4.78 is 0. The zero-order valence-electron chi connectivity index (χ0n) is 10.6. The van der Waals surface area contributed by atoms with E-state index in [1.165, 1.54) is 12.1 Å². The molecule has 1 atom stereocenters. The molecule has 0 aliphatic rings. The Morgan fingerprint density at radius 3 is 2.65 bits per heavy atom. The van der Waals surface area contributed by atoms with E-state index in [1.807, 2.05) is 0 Å². The number of carboxylic acids is 1. The van der Waals surface area contributed by atoms with Gasteiger partial charge in [0.15, 0.2) is 0 Å². The molecule has 0 spiro atoms. The summed E-state index contributed by atoms with van der Waals surface area (Å²) in [7, 11) is 0. The van der Waals surface area contributed by atoms with Crippen LogP contribution in [0, 0.1) is 10.1 Å². The van der Waals surface area contributed by atoms with Crippen LogP contribution in [-0.4, -0.2) is 27.9 Å². The lowest BCUT2D eigenvalue weighted by Gasteiger charge is -2.13. The van der Waals surface area contributed by atoms with Gasteiger partial charge in [0.05, 0.1) is 4.92 Å². The Kier molecular flexibility index (Phi) is 5.45. The molecule has 8 heteroatoms. The minimum Gasteiger partial charge on any atom is -0.480 e. The van der Waals surface area contributed by atoms with Crippen LogP contribution in [0.15, 0.2) is 18.2 Å². The molecule has 0 unspecified atom stereocenters. The molecular formula is C12H13ClN2O5. The van der Waals surface area contributed by atoms with E-state index in [9.17, 15) is 19.7 Å². The fourth-order valence-electron chi connectivity index (χ4n) is 1.58. The lowest BCUT2D eigenvalue weighted by atomic mass is 10.1. The molecule has 1 rings (SSSR count). The highest BCUT2D eigenvalue weighted by atomic mass is 35.5. The van der Waals surface area contributed by atoms with E-state index in [2.05, 4.69) is 5.32 Å². The zero-order chi connectivity index (χ0) is 15.3. The number of benzene rings is 1. The van der Waals surface area contributed by atoms with Crippen molar-refractivity contribution in [2.24, 2.45) is 0 Å². The number of nitro benzene ring substituents is 1. The number of carboxylic acid groups (broad SMARTS) is 1. The summed E-state index contributed by atoms with van der Waals surface area (Å²) in [5.74, 6) is -1.84. The molecule has 1 amide bonds. The molecule has 0 aromatic heterocycles. The molecule has 20 heavy (non-hydrogen) atoms. The number of nitrogens with one attached hydrogen (secondary N) is 1. The maximum atomic E-state index is 11.9. The highest BCUT2D eigenvalue weighted by Crippen LogP contribution is 2.25. The fourth-order valence-corrected chi connectivity index (χ4v) is 1.77. The molecule has 0 saturated heterocycles. The Labute approximate surface area is 119 Å². The van der Waals surface area contributed by atoms with Crippen LogP contribution in [0.1, 0.15) is 30.1 Å². The molecule has 0 aliphatic carbocycles. The molecule has 0 fully saturated rings. The van der Waals surface area contributed by atoms with Crippen molar-refractivity contribution in [3.05, 3.63) is 38.9 Å². The van der Waals surface area contributed by atoms with Crippen molar-refractivity contribution < 1.29 is 19.6 Å². The maximum absolute atomic E-state index is 11.9. The quantitative estimate of drug-likeness (QED) is 0.618. The van der Waals surface area contributed by atoms with Crippen molar-refractivity contribution in [3.63, 3.8) is 0 Å². The van der Waals surface area contributed by atoms with E-state index in [0.717, 1.165) is 6.07 Å². The van der Waals surface area contributed by atoms with Crippen LogP contribution in [0.25, 0.3) is 0 Å². The predicted octanol–water partition coefficient (Wildman–Crippen LogP) is 2.23. The van der Waals surface area contributed by atoms with Gasteiger partial charge in [-0.1, -0.05) is 24.9 Å². The highest BCUT2D eigenvalue weighted by molar-refractivity contribution is 6.32. The number of rotatable bonds is 6. The third-order valence-corrected chi connectivity index (χ3v) is 2.91. The summed E-state index contributed by atoms with van der Waals surface area (Å²) in [5, 5.41) is 21.9. The van der Waals surface area contributed by atoms with Gasteiger partial charge in [-0.05, 0) is 18.6 Å². The van der Waals surface area contributed by atoms with Crippen LogP contribution in [0.3, 0.4) is 0 Å². The molecule has 0 saturated carbocycles. The molecule has 108 valence electrons. The Balaban J connectivity index is 2.95. The number of carbonyl (C=O) groups is 2. The Morgan fingerprint density at radius 2 is 2.15 bits per heavy atom. The fraction of sp³-hybridized carbons (Fsp3) is 0.333. The molecule has 1 aromatic carbocycles. The number of carbonyl (C=O) groups excluding carboxylic acids is 1. The van der Waals surface area contributed by atoms with Gasteiger partial charge in [0, 0.05) is 11.6 Å². The first-order valence-corrected chi connectivity index (χ1v) is 6.22.